The van der Waals surface area contributed by atoms with Gasteiger partial charge < -0.3 is 17.6 Å². The fraction of sp³-hybridized carbons (Fsp3) is 0.667. The summed E-state index contributed by atoms with van der Waals surface area (Å²) in [6.45, 7) is 0.619. The van der Waals surface area contributed by atoms with Crippen LogP contribution in [0.4, 0.5) is 0 Å². The van der Waals surface area contributed by atoms with Crippen LogP contribution in [0.1, 0.15) is 0 Å². The summed E-state index contributed by atoms with van der Waals surface area (Å²) in [6.07, 6.45) is 1.47. The normalized spacial score (nSPS) is 17.6. The number of hydrogen-bond acceptors (Lipinski definition) is 4. The summed E-state index contributed by atoms with van der Waals surface area (Å²) in [6, 6.07) is 0. The van der Waals surface area contributed by atoms with Gasteiger partial charge in [-0.3, -0.25) is 9.41 Å². The second kappa shape index (κ2) is 6.67. The minimum Gasteiger partial charge on any atom is -1.00 e. The van der Waals surface area contributed by atoms with Gasteiger partial charge in [-0.15, -0.1) is 0 Å². The van der Waals surface area contributed by atoms with Crippen LogP contribution in [0.5, 0.6) is 0 Å². The summed E-state index contributed by atoms with van der Waals surface area (Å²) in [7, 11) is 0. The van der Waals surface area contributed by atoms with Crippen molar-refractivity contribution in [3.63, 3.8) is 0 Å². The molecule has 1 N–H and O–H groups in total. The topological polar surface area (TPSA) is 39.1 Å². The van der Waals surface area contributed by atoms with Crippen molar-refractivity contribution in [3.8, 4) is 0 Å². The Morgan fingerprint density at radius 2 is 2.20 bits per heavy atom. The number of hydroxylamine groups is 2. The van der Waals surface area contributed by atoms with Gasteiger partial charge >= 0.3 is 29.6 Å². The molecule has 0 radical (unpaired) electrons. The second-order valence-electron chi connectivity index (χ2n) is 1.49. The average molecular weight is 194 g/mol. The van der Waals surface area contributed by atoms with E-state index in [1.807, 2.05) is 0 Å². The van der Waals surface area contributed by atoms with Crippen molar-refractivity contribution in [2.75, 3.05) is 13.3 Å². The average Bonchev–Trinajstić information content (AvgIpc) is 1.64. The van der Waals surface area contributed by atoms with E-state index in [0.717, 1.165) is 5.06 Å². The van der Waals surface area contributed by atoms with Gasteiger partial charge in [-0.2, -0.15) is 5.06 Å². The smallest absolute Gasteiger partial charge is 1.00 e. The largest absolute Gasteiger partial charge is 1.00 e. The molecule has 0 amide bonds. The molecule has 10 heavy (non-hydrogen) atoms. The van der Waals surface area contributed by atoms with Crippen molar-refractivity contribution in [2.24, 2.45) is 4.99 Å². The molecule has 0 aromatic rings. The van der Waals surface area contributed by atoms with Crippen LogP contribution in [0.2, 0.25) is 0 Å². The Morgan fingerprint density at radius 3 is 2.50 bits per heavy atom. The summed E-state index contributed by atoms with van der Waals surface area (Å²) < 4.78 is 1.27. The van der Waals surface area contributed by atoms with Crippen molar-refractivity contribution in [3.05, 3.63) is 0 Å². The standard InChI is InChI=1S/C3H6ClN3O.ClH.Na/c4-6-1-5-2-7(8)3-6;;/h1,8H,2-3H2;1H;/q;;+1/p-1. The van der Waals surface area contributed by atoms with Crippen LogP contribution in [0, 0.1) is 0 Å². The second-order valence-corrected chi connectivity index (χ2v) is 1.92. The van der Waals surface area contributed by atoms with E-state index >= 15 is 0 Å². The summed E-state index contributed by atoms with van der Waals surface area (Å²) in [4.78, 5) is 3.68. The third kappa shape index (κ3) is 4.73. The zero-order valence-electron chi connectivity index (χ0n) is 5.54. The minimum atomic E-state index is 0. The molecule has 54 valence electrons. The molecule has 0 aliphatic carbocycles. The molecule has 0 aromatic carbocycles. The SMILES string of the molecule is ON1CN=CN(Cl)C1.[Cl-].[Na+]. The zero-order chi connectivity index (χ0) is 5.98. The van der Waals surface area contributed by atoms with E-state index in [4.69, 9.17) is 17.0 Å². The van der Waals surface area contributed by atoms with Gasteiger partial charge in [0, 0.05) is 11.8 Å². The number of hydrogen-bond donors (Lipinski definition) is 1. The van der Waals surface area contributed by atoms with Crippen LogP contribution in [0.3, 0.4) is 0 Å². The number of halogens is 2. The Bertz CT molecular complexity index is 114. The molecule has 1 aliphatic rings. The first kappa shape index (κ1) is 13.6. The number of aliphatic imine (C=N–C) groups is 1. The number of nitrogens with zero attached hydrogens (tertiary/aromatic N) is 3. The maximum atomic E-state index is 8.67. The van der Waals surface area contributed by atoms with E-state index in [9.17, 15) is 0 Å². The molecular formula is C3H6Cl2N3NaO. The molecule has 0 bridgehead atoms. The van der Waals surface area contributed by atoms with E-state index in [1.54, 1.807) is 0 Å². The maximum Gasteiger partial charge on any atom is 1.00 e. The van der Waals surface area contributed by atoms with Gasteiger partial charge in [0.05, 0.1) is 0 Å². The number of rotatable bonds is 0. The van der Waals surface area contributed by atoms with Crippen molar-refractivity contribution >= 4 is 18.1 Å². The summed E-state index contributed by atoms with van der Waals surface area (Å²) in [5.41, 5.74) is 0. The quantitative estimate of drug-likeness (QED) is 0.308. The van der Waals surface area contributed by atoms with E-state index in [2.05, 4.69) is 4.99 Å². The summed E-state index contributed by atoms with van der Waals surface area (Å²) in [5, 5.41) is 9.68. The molecule has 0 saturated heterocycles. The van der Waals surface area contributed by atoms with Gasteiger partial charge in [-0.05, 0) is 0 Å². The first-order valence-electron chi connectivity index (χ1n) is 2.15. The van der Waals surface area contributed by atoms with Crippen molar-refractivity contribution in [2.45, 2.75) is 0 Å². The van der Waals surface area contributed by atoms with Gasteiger partial charge in [-0.1, -0.05) is 0 Å². The first-order chi connectivity index (χ1) is 3.79. The van der Waals surface area contributed by atoms with Crippen molar-refractivity contribution < 1.29 is 47.2 Å². The zero-order valence-corrected chi connectivity index (χ0v) is 9.05. The molecule has 7 heteroatoms. The Hall–Kier alpha value is 0.970. The Morgan fingerprint density at radius 1 is 1.60 bits per heavy atom. The molecule has 0 saturated carbocycles. The van der Waals surface area contributed by atoms with Crippen molar-refractivity contribution in [1.82, 2.24) is 9.48 Å². The van der Waals surface area contributed by atoms with Crippen LogP contribution in [-0.4, -0.2) is 34.4 Å². The van der Waals surface area contributed by atoms with E-state index < -0.39 is 0 Å². The van der Waals surface area contributed by atoms with Crippen molar-refractivity contribution in [1.29, 1.82) is 0 Å². The minimum absolute atomic E-state index is 0. The van der Waals surface area contributed by atoms with Crippen LogP contribution in [0.25, 0.3) is 0 Å². The van der Waals surface area contributed by atoms with Gasteiger partial charge in [-0.25, -0.2) is 0 Å². The van der Waals surface area contributed by atoms with E-state index in [0.29, 0.717) is 13.3 Å². The molecule has 1 heterocycles. The molecular weight excluding hydrogens is 188 g/mol. The van der Waals surface area contributed by atoms with Gasteiger partial charge in [0.15, 0.2) is 0 Å². The van der Waals surface area contributed by atoms with E-state index in [1.165, 1.54) is 10.8 Å². The first-order valence-corrected chi connectivity index (χ1v) is 2.49. The van der Waals surface area contributed by atoms with Gasteiger partial charge in [0.2, 0.25) is 0 Å². The van der Waals surface area contributed by atoms with Gasteiger partial charge in [0.1, 0.15) is 19.7 Å². The summed E-state index contributed by atoms with van der Waals surface area (Å²) in [5.74, 6) is 0. The van der Waals surface area contributed by atoms with Crippen LogP contribution in [-0.2, 0) is 0 Å². The van der Waals surface area contributed by atoms with Crippen LogP contribution < -0.4 is 42.0 Å². The van der Waals surface area contributed by atoms with Crippen LogP contribution >= 0.6 is 11.8 Å². The molecule has 1 rings (SSSR count). The molecule has 0 fully saturated rings. The summed E-state index contributed by atoms with van der Waals surface area (Å²) >= 11 is 5.39. The Balaban J connectivity index is 0. The molecule has 0 spiro atoms. The van der Waals surface area contributed by atoms with Gasteiger partial charge in [0.25, 0.3) is 0 Å². The Labute approximate surface area is 92.6 Å². The maximum absolute atomic E-state index is 8.67. The fourth-order valence-electron chi connectivity index (χ4n) is 0.457. The molecule has 0 aromatic heterocycles. The molecule has 0 unspecified atom stereocenters. The predicted molar refractivity (Wildman–Crippen MR) is 29.5 cm³/mol. The molecule has 4 nitrogen and oxygen atoms in total. The monoisotopic (exact) mass is 193 g/mol. The Kier molecular flexibility index (Phi) is 9.03. The van der Waals surface area contributed by atoms with E-state index in [-0.39, 0.29) is 42.0 Å². The van der Waals surface area contributed by atoms with Crippen LogP contribution in [0.15, 0.2) is 4.99 Å². The third-order valence-electron chi connectivity index (χ3n) is 0.750. The molecule has 0 atom stereocenters. The molecule has 1 aliphatic heterocycles. The fourth-order valence-corrected chi connectivity index (χ4v) is 0.642. The third-order valence-corrected chi connectivity index (χ3v) is 0.944. The predicted octanol–water partition coefficient (Wildman–Crippen LogP) is -5.90.